The van der Waals surface area contributed by atoms with Gasteiger partial charge in [0.15, 0.2) is 0 Å². The first-order valence-electron chi connectivity index (χ1n) is 9.48. The van der Waals surface area contributed by atoms with Crippen LogP contribution in [0.2, 0.25) is 0 Å². The molecule has 3 heterocycles. The van der Waals surface area contributed by atoms with Crippen LogP contribution in [-0.2, 0) is 13.0 Å². The van der Waals surface area contributed by atoms with Crippen LogP contribution in [0.15, 0.2) is 36.8 Å². The summed E-state index contributed by atoms with van der Waals surface area (Å²) in [5, 5.41) is 0. The van der Waals surface area contributed by atoms with Gasteiger partial charge in [-0.1, -0.05) is 13.8 Å². The second-order valence-electron chi connectivity index (χ2n) is 7.34. The minimum absolute atomic E-state index is 0.210. The Bertz CT molecular complexity index is 971. The van der Waals surface area contributed by atoms with Gasteiger partial charge < -0.3 is 9.72 Å². The molecule has 0 spiro atoms. The number of nitrogens with zero attached hydrogens (tertiary/aromatic N) is 4. The van der Waals surface area contributed by atoms with Crippen LogP contribution in [0.25, 0.3) is 0 Å². The number of ether oxygens (including phenoxy) is 1. The van der Waals surface area contributed by atoms with Crippen molar-refractivity contribution >= 4 is 0 Å². The van der Waals surface area contributed by atoms with Gasteiger partial charge in [-0.2, -0.15) is 0 Å². The Balaban J connectivity index is 1.75. The number of benzene rings is 1. The van der Waals surface area contributed by atoms with Crippen LogP contribution in [0.1, 0.15) is 54.3 Å². The highest BCUT2D eigenvalue weighted by Crippen LogP contribution is 2.38. The SMILES string of the molecule is COc1ccc(F)cc1[C@@H]1c2nc[nH]c2CCN1Cc1ccnc(C(C)C)n1. The summed E-state index contributed by atoms with van der Waals surface area (Å²) in [5.41, 5.74) is 3.71. The second kappa shape index (κ2) is 7.67. The van der Waals surface area contributed by atoms with E-state index in [4.69, 9.17) is 9.72 Å². The highest BCUT2D eigenvalue weighted by atomic mass is 19.1. The Labute approximate surface area is 163 Å². The van der Waals surface area contributed by atoms with Gasteiger partial charge in [0, 0.05) is 42.9 Å². The number of imidazole rings is 1. The molecule has 7 heteroatoms. The minimum atomic E-state index is -0.289. The molecule has 0 radical (unpaired) electrons. The quantitative estimate of drug-likeness (QED) is 0.731. The number of rotatable bonds is 5. The van der Waals surface area contributed by atoms with E-state index < -0.39 is 0 Å². The molecule has 28 heavy (non-hydrogen) atoms. The zero-order valence-corrected chi connectivity index (χ0v) is 16.3. The van der Waals surface area contributed by atoms with Crippen molar-refractivity contribution in [2.24, 2.45) is 0 Å². The third-order valence-corrected chi connectivity index (χ3v) is 5.12. The number of hydrogen-bond donors (Lipinski definition) is 1. The fraction of sp³-hybridized carbons (Fsp3) is 0.381. The summed E-state index contributed by atoms with van der Waals surface area (Å²) in [4.78, 5) is 19.1. The molecule has 3 aromatic rings. The summed E-state index contributed by atoms with van der Waals surface area (Å²) < 4.78 is 19.7. The molecule has 2 aromatic heterocycles. The Morgan fingerprint density at radius 2 is 2.14 bits per heavy atom. The van der Waals surface area contributed by atoms with Crippen molar-refractivity contribution in [3.05, 3.63) is 71.1 Å². The van der Waals surface area contributed by atoms with Crippen molar-refractivity contribution in [1.29, 1.82) is 0 Å². The van der Waals surface area contributed by atoms with E-state index in [1.165, 1.54) is 6.07 Å². The summed E-state index contributed by atoms with van der Waals surface area (Å²) >= 11 is 0. The minimum Gasteiger partial charge on any atom is -0.496 e. The topological polar surface area (TPSA) is 66.9 Å². The van der Waals surface area contributed by atoms with Gasteiger partial charge in [0.05, 0.1) is 30.9 Å². The van der Waals surface area contributed by atoms with Crippen molar-refractivity contribution in [2.75, 3.05) is 13.7 Å². The van der Waals surface area contributed by atoms with E-state index in [-0.39, 0.29) is 17.8 Å². The van der Waals surface area contributed by atoms with Crippen molar-refractivity contribution in [2.45, 2.75) is 38.8 Å². The first kappa shape index (κ1) is 18.6. The Kier molecular flexibility index (Phi) is 5.09. The monoisotopic (exact) mass is 381 g/mol. The maximum atomic E-state index is 14.1. The van der Waals surface area contributed by atoms with Crippen LogP contribution in [0.5, 0.6) is 5.75 Å². The van der Waals surface area contributed by atoms with Crippen molar-refractivity contribution in [3.63, 3.8) is 0 Å². The lowest BCUT2D eigenvalue weighted by molar-refractivity contribution is 0.194. The van der Waals surface area contributed by atoms with Crippen LogP contribution >= 0.6 is 0 Å². The molecule has 4 rings (SSSR count). The summed E-state index contributed by atoms with van der Waals surface area (Å²) in [6.07, 6.45) is 4.36. The highest BCUT2D eigenvalue weighted by molar-refractivity contribution is 5.42. The fourth-order valence-corrected chi connectivity index (χ4v) is 3.75. The van der Waals surface area contributed by atoms with Gasteiger partial charge in [0.1, 0.15) is 17.4 Å². The standard InChI is InChI=1S/C21H24FN5O/c1-13(2)21-23-8-6-15(26-21)11-27-9-7-17-19(25-12-24-17)20(27)16-10-14(22)4-5-18(16)28-3/h4-6,8,10,12-13,20H,7,9,11H2,1-3H3,(H,24,25)/t20-/m1/s1. The Morgan fingerprint density at radius 1 is 1.29 bits per heavy atom. The fourth-order valence-electron chi connectivity index (χ4n) is 3.75. The molecule has 0 saturated heterocycles. The van der Waals surface area contributed by atoms with Crippen LogP contribution in [0.4, 0.5) is 4.39 Å². The third kappa shape index (κ3) is 3.49. The molecule has 1 aliphatic heterocycles. The molecule has 0 bridgehead atoms. The molecule has 0 fully saturated rings. The number of aromatic nitrogens is 4. The van der Waals surface area contributed by atoms with E-state index >= 15 is 0 Å². The highest BCUT2D eigenvalue weighted by Gasteiger charge is 2.33. The Morgan fingerprint density at radius 3 is 2.93 bits per heavy atom. The molecule has 1 aromatic carbocycles. The van der Waals surface area contributed by atoms with Gasteiger partial charge in [-0.3, -0.25) is 4.90 Å². The van der Waals surface area contributed by atoms with E-state index in [2.05, 4.69) is 33.7 Å². The predicted octanol–water partition coefficient (Wildman–Crippen LogP) is 3.62. The van der Waals surface area contributed by atoms with E-state index in [1.807, 2.05) is 6.07 Å². The average Bonchev–Trinajstić information content (AvgIpc) is 3.17. The smallest absolute Gasteiger partial charge is 0.131 e. The Hall–Kier alpha value is -2.80. The lowest BCUT2D eigenvalue weighted by Crippen LogP contribution is -2.36. The summed E-state index contributed by atoms with van der Waals surface area (Å²) in [6, 6.07) is 6.36. The molecule has 146 valence electrons. The van der Waals surface area contributed by atoms with E-state index in [0.29, 0.717) is 12.3 Å². The number of fused-ring (bicyclic) bond motifs is 1. The van der Waals surface area contributed by atoms with Gasteiger partial charge in [-0.25, -0.2) is 19.3 Å². The van der Waals surface area contributed by atoms with Crippen LogP contribution in [0.3, 0.4) is 0 Å². The maximum Gasteiger partial charge on any atom is 0.131 e. The van der Waals surface area contributed by atoms with E-state index in [9.17, 15) is 4.39 Å². The van der Waals surface area contributed by atoms with Crippen molar-refractivity contribution in [1.82, 2.24) is 24.8 Å². The zero-order valence-electron chi connectivity index (χ0n) is 16.3. The summed E-state index contributed by atoms with van der Waals surface area (Å²) in [7, 11) is 1.61. The molecular formula is C21H24FN5O. The first-order chi connectivity index (χ1) is 13.6. The number of halogens is 1. The zero-order chi connectivity index (χ0) is 19.7. The predicted molar refractivity (Wildman–Crippen MR) is 104 cm³/mol. The largest absolute Gasteiger partial charge is 0.496 e. The van der Waals surface area contributed by atoms with Crippen LogP contribution in [0, 0.1) is 5.82 Å². The van der Waals surface area contributed by atoms with E-state index in [1.54, 1.807) is 31.8 Å². The number of hydrogen-bond acceptors (Lipinski definition) is 5. The number of aromatic amines is 1. The van der Waals surface area contributed by atoms with Crippen molar-refractivity contribution < 1.29 is 9.13 Å². The third-order valence-electron chi connectivity index (χ3n) is 5.12. The number of nitrogens with one attached hydrogen (secondary N) is 1. The lowest BCUT2D eigenvalue weighted by atomic mass is 9.94. The average molecular weight is 381 g/mol. The molecule has 0 amide bonds. The molecule has 0 aliphatic carbocycles. The molecule has 0 saturated carbocycles. The molecule has 1 atom stereocenters. The van der Waals surface area contributed by atoms with Crippen molar-refractivity contribution in [3.8, 4) is 5.75 Å². The number of methoxy groups -OCH3 is 1. The first-order valence-corrected chi connectivity index (χ1v) is 9.48. The lowest BCUT2D eigenvalue weighted by Gasteiger charge is -2.35. The molecule has 0 unspecified atom stereocenters. The molecule has 1 N–H and O–H groups in total. The molecule has 1 aliphatic rings. The normalized spacial score (nSPS) is 17.0. The number of H-pyrrole nitrogens is 1. The van der Waals surface area contributed by atoms with Gasteiger partial charge in [0.2, 0.25) is 0 Å². The van der Waals surface area contributed by atoms with Crippen LogP contribution in [-0.4, -0.2) is 38.5 Å². The van der Waals surface area contributed by atoms with E-state index in [0.717, 1.165) is 41.4 Å². The van der Waals surface area contributed by atoms with Gasteiger partial charge in [-0.15, -0.1) is 0 Å². The molecule has 6 nitrogen and oxygen atoms in total. The van der Waals surface area contributed by atoms with Gasteiger partial charge in [0.25, 0.3) is 0 Å². The summed E-state index contributed by atoms with van der Waals surface area (Å²) in [5.74, 6) is 1.45. The summed E-state index contributed by atoms with van der Waals surface area (Å²) in [6.45, 7) is 5.59. The maximum absolute atomic E-state index is 14.1. The van der Waals surface area contributed by atoms with Crippen LogP contribution < -0.4 is 4.74 Å². The van der Waals surface area contributed by atoms with Gasteiger partial charge >= 0.3 is 0 Å². The molecular weight excluding hydrogens is 357 g/mol. The van der Waals surface area contributed by atoms with Gasteiger partial charge in [-0.05, 0) is 24.3 Å². The second-order valence-corrected chi connectivity index (χ2v) is 7.34.